The maximum Gasteiger partial charge on any atom is 0.309 e. The lowest BCUT2D eigenvalue weighted by Crippen LogP contribution is -2.45. The Morgan fingerprint density at radius 1 is 1.12 bits per heavy atom. The molecule has 2 N–H and O–H groups in total. The number of nitrogens with zero attached hydrogens (tertiary/aromatic N) is 2. The molecule has 1 heterocycles. The molecule has 2 fully saturated rings. The number of nitrogens with one attached hydrogen (secondary N) is 2. The fraction of sp³-hybridized carbons (Fsp3) is 0.417. The SMILES string of the molecule is [C-]#[N+]C1(C(=O)N[C@@H]2CCC[C@H](C(=O)Nc3cc(-c4cc(F)c(F)cc4OC)c(F)cn3)C2)CC1. The van der Waals surface area contributed by atoms with E-state index < -0.39 is 28.9 Å². The van der Waals surface area contributed by atoms with E-state index in [0.29, 0.717) is 25.7 Å². The monoisotopic (exact) mass is 472 g/mol. The van der Waals surface area contributed by atoms with Crippen LogP contribution in [0, 0.1) is 29.9 Å². The number of benzene rings is 1. The average molecular weight is 472 g/mol. The summed E-state index contributed by atoms with van der Waals surface area (Å²) >= 11 is 0. The van der Waals surface area contributed by atoms with Crippen molar-refractivity contribution in [3.63, 3.8) is 0 Å². The molecule has 2 atom stereocenters. The molecule has 34 heavy (non-hydrogen) atoms. The molecule has 0 aliphatic heterocycles. The van der Waals surface area contributed by atoms with E-state index in [0.717, 1.165) is 31.2 Å². The van der Waals surface area contributed by atoms with E-state index in [4.69, 9.17) is 11.3 Å². The van der Waals surface area contributed by atoms with Gasteiger partial charge in [-0.05, 0) is 31.4 Å². The number of halogens is 3. The molecular weight excluding hydrogens is 449 g/mol. The van der Waals surface area contributed by atoms with Crippen molar-refractivity contribution >= 4 is 17.6 Å². The lowest BCUT2D eigenvalue weighted by Gasteiger charge is -2.29. The summed E-state index contributed by atoms with van der Waals surface area (Å²) in [6.45, 7) is 7.21. The zero-order chi connectivity index (χ0) is 24.5. The fourth-order valence-corrected chi connectivity index (χ4v) is 4.24. The Hall–Kier alpha value is -3.61. The number of anilines is 1. The molecule has 10 heteroatoms. The van der Waals surface area contributed by atoms with Crippen LogP contribution < -0.4 is 15.4 Å². The Bertz CT molecular complexity index is 1180. The minimum Gasteiger partial charge on any atom is -0.496 e. The van der Waals surface area contributed by atoms with Crippen LogP contribution in [0.15, 0.2) is 24.4 Å². The average Bonchev–Trinajstić information content (AvgIpc) is 3.63. The van der Waals surface area contributed by atoms with Crippen LogP contribution in [0.4, 0.5) is 19.0 Å². The van der Waals surface area contributed by atoms with Gasteiger partial charge in [-0.15, -0.1) is 0 Å². The van der Waals surface area contributed by atoms with Crippen LogP contribution in [0.5, 0.6) is 5.75 Å². The lowest BCUT2D eigenvalue weighted by molar-refractivity contribution is -0.125. The van der Waals surface area contributed by atoms with Gasteiger partial charge in [0.05, 0.1) is 13.3 Å². The largest absolute Gasteiger partial charge is 0.496 e. The van der Waals surface area contributed by atoms with Crippen LogP contribution in [-0.2, 0) is 9.59 Å². The number of methoxy groups -OCH3 is 1. The number of pyridine rings is 1. The Kier molecular flexibility index (Phi) is 6.46. The first-order valence-electron chi connectivity index (χ1n) is 11.0. The molecule has 2 aliphatic carbocycles. The van der Waals surface area contributed by atoms with Crippen molar-refractivity contribution in [2.45, 2.75) is 50.1 Å². The van der Waals surface area contributed by atoms with E-state index >= 15 is 0 Å². The number of rotatable bonds is 6. The van der Waals surface area contributed by atoms with Crippen molar-refractivity contribution in [3.05, 3.63) is 53.3 Å². The second kappa shape index (κ2) is 9.33. The van der Waals surface area contributed by atoms with Gasteiger partial charge in [-0.25, -0.2) is 24.7 Å². The van der Waals surface area contributed by atoms with Crippen LogP contribution in [-0.4, -0.2) is 35.5 Å². The van der Waals surface area contributed by atoms with Crippen LogP contribution in [0.25, 0.3) is 16.0 Å². The highest BCUT2D eigenvalue weighted by Crippen LogP contribution is 2.40. The van der Waals surface area contributed by atoms with Crippen LogP contribution in [0.3, 0.4) is 0 Å². The van der Waals surface area contributed by atoms with Gasteiger partial charge in [0.1, 0.15) is 17.4 Å². The number of hydrogen-bond acceptors (Lipinski definition) is 4. The van der Waals surface area contributed by atoms with E-state index in [1.807, 2.05) is 0 Å². The maximum absolute atomic E-state index is 14.5. The molecule has 4 rings (SSSR count). The molecule has 0 spiro atoms. The number of hydrogen-bond donors (Lipinski definition) is 2. The third kappa shape index (κ3) is 4.69. The van der Waals surface area contributed by atoms with Gasteiger partial charge in [0, 0.05) is 42.0 Å². The van der Waals surface area contributed by atoms with Gasteiger partial charge >= 0.3 is 11.4 Å². The summed E-state index contributed by atoms with van der Waals surface area (Å²) in [6, 6.07) is 2.66. The van der Waals surface area contributed by atoms with Gasteiger partial charge < -0.3 is 15.4 Å². The lowest BCUT2D eigenvalue weighted by atomic mass is 9.85. The van der Waals surface area contributed by atoms with Crippen molar-refractivity contribution in [3.8, 4) is 16.9 Å². The van der Waals surface area contributed by atoms with E-state index in [1.54, 1.807) is 0 Å². The number of carbonyl (C=O) groups is 2. The molecule has 0 radical (unpaired) electrons. The predicted octanol–water partition coefficient (Wildman–Crippen LogP) is 4.24. The summed E-state index contributed by atoms with van der Waals surface area (Å²) < 4.78 is 46.9. The second-order valence-electron chi connectivity index (χ2n) is 8.68. The summed E-state index contributed by atoms with van der Waals surface area (Å²) in [5, 5.41) is 5.56. The Labute approximate surface area is 194 Å². The van der Waals surface area contributed by atoms with Crippen molar-refractivity contribution in [2.75, 3.05) is 12.4 Å². The maximum atomic E-state index is 14.5. The Balaban J connectivity index is 1.47. The highest BCUT2D eigenvalue weighted by molar-refractivity contribution is 5.93. The van der Waals surface area contributed by atoms with E-state index in [2.05, 4.69) is 20.5 Å². The Morgan fingerprint density at radius 2 is 1.85 bits per heavy atom. The first kappa shape index (κ1) is 23.5. The fourth-order valence-electron chi connectivity index (χ4n) is 4.24. The predicted molar refractivity (Wildman–Crippen MR) is 117 cm³/mol. The van der Waals surface area contributed by atoms with Crippen LogP contribution >= 0.6 is 0 Å². The molecule has 178 valence electrons. The molecular formula is C24H23F3N4O3. The Morgan fingerprint density at radius 3 is 2.53 bits per heavy atom. The number of carbonyl (C=O) groups excluding carboxylic acids is 2. The van der Waals surface area contributed by atoms with Crippen molar-refractivity contribution < 1.29 is 27.5 Å². The molecule has 2 aromatic rings. The summed E-state index contributed by atoms with van der Waals surface area (Å²) in [4.78, 5) is 32.6. The summed E-state index contributed by atoms with van der Waals surface area (Å²) in [5.74, 6) is -4.15. The molecule has 0 bridgehead atoms. The van der Waals surface area contributed by atoms with Crippen LogP contribution in [0.1, 0.15) is 38.5 Å². The number of ether oxygens (including phenoxy) is 1. The molecule has 0 saturated heterocycles. The minimum atomic E-state index is -1.17. The standard InChI is InChI=1S/C24H23F3N4O3/c1-28-24(6-7-24)23(33)30-14-5-3-4-13(8-14)22(32)31-21-10-15(19(27)12-29-21)16-9-17(25)18(26)11-20(16)34-2/h9-14H,3-8H2,2H3,(H,30,33)(H,29,31,32)/t13-,14+/m0/s1. The topological polar surface area (TPSA) is 84.7 Å². The molecule has 2 amide bonds. The summed E-state index contributed by atoms with van der Waals surface area (Å²) in [5.41, 5.74) is -1.07. The number of amides is 2. The third-order valence-electron chi connectivity index (χ3n) is 6.38. The van der Waals surface area contributed by atoms with Gasteiger partial charge in [-0.3, -0.25) is 14.4 Å². The van der Waals surface area contributed by atoms with Gasteiger partial charge in [0.2, 0.25) is 5.91 Å². The molecule has 7 nitrogen and oxygen atoms in total. The van der Waals surface area contributed by atoms with Gasteiger partial charge in [0.15, 0.2) is 11.6 Å². The molecule has 1 aromatic carbocycles. The quantitative estimate of drug-likeness (QED) is 0.616. The summed E-state index contributed by atoms with van der Waals surface area (Å²) in [6.07, 6.45) is 4.46. The smallest absolute Gasteiger partial charge is 0.309 e. The molecule has 0 unspecified atom stereocenters. The van der Waals surface area contributed by atoms with Crippen molar-refractivity contribution in [1.82, 2.24) is 10.3 Å². The van der Waals surface area contributed by atoms with E-state index in [1.165, 1.54) is 13.2 Å². The first-order valence-corrected chi connectivity index (χ1v) is 11.0. The zero-order valence-corrected chi connectivity index (χ0v) is 18.5. The third-order valence-corrected chi connectivity index (χ3v) is 6.38. The minimum absolute atomic E-state index is 0.0222. The zero-order valence-electron chi connectivity index (χ0n) is 18.5. The molecule has 2 aliphatic rings. The van der Waals surface area contributed by atoms with E-state index in [-0.39, 0.29) is 40.6 Å². The summed E-state index contributed by atoms with van der Waals surface area (Å²) in [7, 11) is 1.25. The van der Waals surface area contributed by atoms with Gasteiger partial charge in [0.25, 0.3) is 0 Å². The second-order valence-corrected chi connectivity index (χ2v) is 8.68. The normalized spacial score (nSPS) is 20.7. The van der Waals surface area contributed by atoms with Gasteiger partial charge in [-0.1, -0.05) is 6.42 Å². The highest BCUT2D eigenvalue weighted by Gasteiger charge is 2.58. The molecule has 2 saturated carbocycles. The van der Waals surface area contributed by atoms with E-state index in [9.17, 15) is 22.8 Å². The van der Waals surface area contributed by atoms with Gasteiger partial charge in [-0.2, -0.15) is 0 Å². The molecule has 1 aromatic heterocycles. The van der Waals surface area contributed by atoms with Crippen molar-refractivity contribution in [2.24, 2.45) is 5.92 Å². The first-order chi connectivity index (χ1) is 16.3. The van der Waals surface area contributed by atoms with Crippen molar-refractivity contribution in [1.29, 1.82) is 0 Å². The number of aromatic nitrogens is 1. The highest BCUT2D eigenvalue weighted by atomic mass is 19.2. The van der Waals surface area contributed by atoms with Crippen LogP contribution in [0.2, 0.25) is 0 Å².